The molecule has 3 aromatic carbocycles. The molecule has 3 aromatic rings. The normalized spacial score (nSPS) is 10.3. The van der Waals surface area contributed by atoms with Crippen molar-refractivity contribution in [1.82, 2.24) is 5.32 Å². The molecule has 0 fully saturated rings. The minimum Gasteiger partial charge on any atom is -0.491 e. The van der Waals surface area contributed by atoms with E-state index in [0.717, 1.165) is 17.0 Å². The highest BCUT2D eigenvalue weighted by Crippen LogP contribution is 2.16. The van der Waals surface area contributed by atoms with Crippen LogP contribution in [-0.4, -0.2) is 38.7 Å². The van der Waals surface area contributed by atoms with E-state index >= 15 is 0 Å². The third-order valence-corrected chi connectivity index (χ3v) is 4.59. The lowest BCUT2D eigenvalue weighted by Gasteiger charge is -2.10. The summed E-state index contributed by atoms with van der Waals surface area (Å²) in [6.07, 6.45) is 0. The molecular weight excluding hydrogens is 406 g/mol. The van der Waals surface area contributed by atoms with Crippen molar-refractivity contribution in [3.05, 3.63) is 90.0 Å². The number of rotatable bonds is 11. The lowest BCUT2D eigenvalue weighted by atomic mass is 10.1. The van der Waals surface area contributed by atoms with Crippen LogP contribution in [0.25, 0.3) is 0 Å². The molecule has 3 N–H and O–H groups in total. The molecule has 0 spiro atoms. The second kappa shape index (κ2) is 12.1. The molecule has 0 saturated carbocycles. The first kappa shape index (κ1) is 22.8. The van der Waals surface area contributed by atoms with Crippen LogP contribution in [-0.2, 0) is 16.1 Å². The van der Waals surface area contributed by atoms with Gasteiger partial charge in [-0.15, -0.1) is 0 Å². The average molecular weight is 434 g/mol. The predicted octanol–water partition coefficient (Wildman–Crippen LogP) is 3.69. The number of hydrogen-bond acceptors (Lipinski definition) is 5. The zero-order valence-electron chi connectivity index (χ0n) is 18.0. The molecule has 3 rings (SSSR count). The molecule has 166 valence electrons. The monoisotopic (exact) mass is 433 g/mol. The van der Waals surface area contributed by atoms with E-state index in [1.807, 2.05) is 54.6 Å². The van der Waals surface area contributed by atoms with Crippen LogP contribution >= 0.6 is 0 Å². The smallest absolute Gasteiger partial charge is 0.251 e. The van der Waals surface area contributed by atoms with E-state index in [0.29, 0.717) is 31.0 Å². The zero-order valence-corrected chi connectivity index (χ0v) is 18.0. The van der Waals surface area contributed by atoms with Crippen molar-refractivity contribution in [3.8, 4) is 5.75 Å². The maximum atomic E-state index is 12.3. The van der Waals surface area contributed by atoms with Crippen LogP contribution in [0.3, 0.4) is 0 Å². The van der Waals surface area contributed by atoms with E-state index in [4.69, 9.17) is 9.47 Å². The number of carbonyl (C=O) groups excluding carboxylic acids is 2. The molecule has 7 heteroatoms. The van der Waals surface area contributed by atoms with Crippen molar-refractivity contribution in [2.24, 2.45) is 0 Å². The Morgan fingerprint density at radius 2 is 1.50 bits per heavy atom. The van der Waals surface area contributed by atoms with Crippen LogP contribution in [0.15, 0.2) is 78.9 Å². The summed E-state index contributed by atoms with van der Waals surface area (Å²) in [5.74, 6) is 0.389. The van der Waals surface area contributed by atoms with E-state index in [2.05, 4.69) is 16.0 Å². The fraction of sp³-hybridized carbons (Fsp3) is 0.200. The maximum absolute atomic E-state index is 12.3. The summed E-state index contributed by atoms with van der Waals surface area (Å²) in [6.45, 7) is 1.59. The summed E-state index contributed by atoms with van der Waals surface area (Å²) < 4.78 is 10.5. The Kier molecular flexibility index (Phi) is 8.65. The SMILES string of the molecule is COCCOc1ccc(NCC(=O)Nc2ccc(C(=O)NCc3ccccc3)cc2)cc1. The molecule has 0 aliphatic carbocycles. The number of amides is 2. The van der Waals surface area contributed by atoms with Gasteiger partial charge in [0.05, 0.1) is 13.2 Å². The molecule has 32 heavy (non-hydrogen) atoms. The van der Waals surface area contributed by atoms with Crippen LogP contribution in [0.1, 0.15) is 15.9 Å². The van der Waals surface area contributed by atoms with E-state index < -0.39 is 0 Å². The molecule has 0 radical (unpaired) electrons. The summed E-state index contributed by atoms with van der Waals surface area (Å²) in [4.78, 5) is 24.5. The second-order valence-electron chi connectivity index (χ2n) is 7.01. The van der Waals surface area contributed by atoms with Gasteiger partial charge in [0.2, 0.25) is 5.91 Å². The highest BCUT2D eigenvalue weighted by Gasteiger charge is 2.07. The van der Waals surface area contributed by atoms with E-state index in [1.165, 1.54) is 0 Å². The molecule has 7 nitrogen and oxygen atoms in total. The van der Waals surface area contributed by atoms with Gasteiger partial charge in [-0.3, -0.25) is 9.59 Å². The van der Waals surface area contributed by atoms with E-state index in [-0.39, 0.29) is 18.4 Å². The van der Waals surface area contributed by atoms with Gasteiger partial charge in [-0.05, 0) is 54.1 Å². The van der Waals surface area contributed by atoms with Gasteiger partial charge >= 0.3 is 0 Å². The van der Waals surface area contributed by atoms with Crippen LogP contribution in [0.5, 0.6) is 5.75 Å². The zero-order chi connectivity index (χ0) is 22.6. The molecule has 0 unspecified atom stereocenters. The Bertz CT molecular complexity index is 990. The van der Waals surface area contributed by atoms with Gasteiger partial charge in [0.15, 0.2) is 0 Å². The molecule has 0 aliphatic heterocycles. The van der Waals surface area contributed by atoms with Gasteiger partial charge in [-0.1, -0.05) is 30.3 Å². The van der Waals surface area contributed by atoms with Crippen molar-refractivity contribution in [3.63, 3.8) is 0 Å². The van der Waals surface area contributed by atoms with Gasteiger partial charge in [-0.25, -0.2) is 0 Å². The summed E-state index contributed by atoms with van der Waals surface area (Å²) in [5, 5.41) is 8.76. The Labute approximate surface area is 187 Å². The summed E-state index contributed by atoms with van der Waals surface area (Å²) in [5.41, 5.74) is 3.00. The van der Waals surface area contributed by atoms with Gasteiger partial charge in [0, 0.05) is 30.6 Å². The first-order valence-electron chi connectivity index (χ1n) is 10.3. The van der Waals surface area contributed by atoms with E-state index in [1.54, 1.807) is 31.4 Å². The minimum absolute atomic E-state index is 0.114. The topological polar surface area (TPSA) is 88.7 Å². The quantitative estimate of drug-likeness (QED) is 0.402. The van der Waals surface area contributed by atoms with Gasteiger partial charge in [-0.2, -0.15) is 0 Å². The fourth-order valence-electron chi connectivity index (χ4n) is 2.88. The number of benzene rings is 3. The summed E-state index contributed by atoms with van der Waals surface area (Å²) in [7, 11) is 1.62. The number of methoxy groups -OCH3 is 1. The van der Waals surface area contributed by atoms with Crippen molar-refractivity contribution in [2.75, 3.05) is 37.5 Å². The molecule has 0 bridgehead atoms. The van der Waals surface area contributed by atoms with Crippen molar-refractivity contribution in [2.45, 2.75) is 6.54 Å². The van der Waals surface area contributed by atoms with Crippen molar-refractivity contribution < 1.29 is 19.1 Å². The van der Waals surface area contributed by atoms with Crippen molar-refractivity contribution in [1.29, 1.82) is 0 Å². The third-order valence-electron chi connectivity index (χ3n) is 4.59. The predicted molar refractivity (Wildman–Crippen MR) is 125 cm³/mol. The highest BCUT2D eigenvalue weighted by molar-refractivity contribution is 5.96. The Morgan fingerprint density at radius 1 is 0.812 bits per heavy atom. The molecule has 0 saturated heterocycles. The number of nitrogens with one attached hydrogen (secondary N) is 3. The third kappa shape index (κ3) is 7.45. The molecule has 0 aliphatic rings. The molecule has 0 aromatic heterocycles. The number of ether oxygens (including phenoxy) is 2. The second-order valence-corrected chi connectivity index (χ2v) is 7.01. The average Bonchev–Trinajstić information content (AvgIpc) is 2.83. The number of carbonyl (C=O) groups is 2. The molecular formula is C25H27N3O4. The first-order valence-corrected chi connectivity index (χ1v) is 10.3. The first-order chi connectivity index (χ1) is 15.6. The van der Waals surface area contributed by atoms with Gasteiger partial charge in [0.1, 0.15) is 12.4 Å². The van der Waals surface area contributed by atoms with Crippen molar-refractivity contribution >= 4 is 23.2 Å². The Morgan fingerprint density at radius 3 is 2.19 bits per heavy atom. The van der Waals surface area contributed by atoms with E-state index in [9.17, 15) is 9.59 Å². The lowest BCUT2D eigenvalue weighted by Crippen LogP contribution is -2.23. The largest absolute Gasteiger partial charge is 0.491 e. The standard InChI is InChI=1S/C25H27N3O4/c1-31-15-16-32-23-13-11-21(12-14-23)26-18-24(29)28-22-9-7-20(8-10-22)25(30)27-17-19-5-3-2-4-6-19/h2-14,26H,15-18H2,1H3,(H,27,30)(H,28,29). The van der Waals surface area contributed by atoms with Crippen LogP contribution in [0.4, 0.5) is 11.4 Å². The van der Waals surface area contributed by atoms with Gasteiger partial charge in [0.25, 0.3) is 5.91 Å². The Balaban J connectivity index is 1.41. The molecule has 0 atom stereocenters. The summed E-state index contributed by atoms with van der Waals surface area (Å²) in [6, 6.07) is 23.9. The lowest BCUT2D eigenvalue weighted by molar-refractivity contribution is -0.114. The minimum atomic E-state index is -0.188. The van der Waals surface area contributed by atoms with Gasteiger partial charge < -0.3 is 25.4 Å². The van der Waals surface area contributed by atoms with Crippen LogP contribution in [0, 0.1) is 0 Å². The Hall–Kier alpha value is -3.84. The molecule has 2 amide bonds. The van der Waals surface area contributed by atoms with Crippen LogP contribution in [0.2, 0.25) is 0 Å². The fourth-order valence-corrected chi connectivity index (χ4v) is 2.88. The number of anilines is 2. The molecule has 0 heterocycles. The number of hydrogen-bond donors (Lipinski definition) is 3. The van der Waals surface area contributed by atoms with Crippen LogP contribution < -0.4 is 20.7 Å². The maximum Gasteiger partial charge on any atom is 0.251 e. The highest BCUT2D eigenvalue weighted by atomic mass is 16.5. The summed E-state index contributed by atoms with van der Waals surface area (Å²) >= 11 is 0.